The van der Waals surface area contributed by atoms with Crippen molar-refractivity contribution in [2.24, 2.45) is 13.0 Å². The Labute approximate surface area is 150 Å². The van der Waals surface area contributed by atoms with Crippen molar-refractivity contribution in [3.05, 3.63) is 41.6 Å². The molecule has 4 nitrogen and oxygen atoms in total. The number of aryl methyl sites for hydroxylation is 1. The van der Waals surface area contributed by atoms with Crippen LogP contribution in [0, 0.1) is 5.92 Å². The average Bonchev–Trinajstić information content (AvgIpc) is 2.96. The standard InChI is InChI=1S/C21H29N3O/c1-15-10-12-24(13-11-15)20(25)19-14-18(22-23(19)5)16-6-8-17(9-7-16)21(2,3)4/h6-9,14-15H,10-13H2,1-5H3. The number of carbonyl (C=O) groups excluding carboxylic acids is 1. The summed E-state index contributed by atoms with van der Waals surface area (Å²) in [5.74, 6) is 0.812. The lowest BCUT2D eigenvalue weighted by atomic mass is 9.86. The minimum atomic E-state index is 0.0967. The number of hydrogen-bond donors (Lipinski definition) is 0. The number of piperidine rings is 1. The molecule has 0 aliphatic carbocycles. The summed E-state index contributed by atoms with van der Waals surface area (Å²) in [6.07, 6.45) is 2.18. The molecule has 1 fully saturated rings. The Balaban J connectivity index is 1.81. The summed E-state index contributed by atoms with van der Waals surface area (Å²) >= 11 is 0. The lowest BCUT2D eigenvalue weighted by molar-refractivity contribution is 0.0686. The molecule has 1 amide bonds. The minimum Gasteiger partial charge on any atom is -0.337 e. The SMILES string of the molecule is CC1CCN(C(=O)c2cc(-c3ccc(C(C)(C)C)cc3)nn2C)CC1. The molecule has 1 saturated heterocycles. The molecular formula is C21H29N3O. The van der Waals surface area contributed by atoms with Gasteiger partial charge in [-0.3, -0.25) is 9.48 Å². The van der Waals surface area contributed by atoms with Crippen LogP contribution in [-0.2, 0) is 12.5 Å². The zero-order valence-corrected chi connectivity index (χ0v) is 16.0. The second-order valence-corrected chi connectivity index (χ2v) is 8.34. The van der Waals surface area contributed by atoms with Gasteiger partial charge in [-0.15, -0.1) is 0 Å². The van der Waals surface area contributed by atoms with Crippen LogP contribution in [0.15, 0.2) is 30.3 Å². The molecule has 0 N–H and O–H groups in total. The van der Waals surface area contributed by atoms with Crippen molar-refractivity contribution >= 4 is 5.91 Å². The molecule has 0 radical (unpaired) electrons. The predicted octanol–water partition coefficient (Wildman–Crippen LogP) is 4.26. The van der Waals surface area contributed by atoms with Gasteiger partial charge in [-0.1, -0.05) is 52.0 Å². The molecule has 3 rings (SSSR count). The number of nitrogens with zero attached hydrogens (tertiary/aromatic N) is 3. The monoisotopic (exact) mass is 339 g/mol. The van der Waals surface area contributed by atoms with Crippen molar-refractivity contribution in [1.29, 1.82) is 0 Å². The second kappa shape index (κ2) is 6.66. The van der Waals surface area contributed by atoms with E-state index in [9.17, 15) is 4.79 Å². The van der Waals surface area contributed by atoms with E-state index in [1.54, 1.807) is 4.68 Å². The molecule has 1 aromatic carbocycles. The highest BCUT2D eigenvalue weighted by molar-refractivity contribution is 5.93. The van der Waals surface area contributed by atoms with E-state index in [4.69, 9.17) is 0 Å². The maximum atomic E-state index is 12.8. The lowest BCUT2D eigenvalue weighted by Gasteiger charge is -2.30. The molecular weight excluding hydrogens is 310 g/mol. The Hall–Kier alpha value is -2.10. The van der Waals surface area contributed by atoms with E-state index in [0.29, 0.717) is 11.6 Å². The third kappa shape index (κ3) is 3.78. The highest BCUT2D eigenvalue weighted by Crippen LogP contribution is 2.26. The van der Waals surface area contributed by atoms with Crippen molar-refractivity contribution in [2.45, 2.75) is 46.0 Å². The van der Waals surface area contributed by atoms with Gasteiger partial charge >= 0.3 is 0 Å². The van der Waals surface area contributed by atoms with Gasteiger partial charge in [0.1, 0.15) is 5.69 Å². The molecule has 0 spiro atoms. The highest BCUT2D eigenvalue weighted by Gasteiger charge is 2.24. The van der Waals surface area contributed by atoms with Gasteiger partial charge in [0.05, 0.1) is 5.69 Å². The van der Waals surface area contributed by atoms with Crippen LogP contribution in [0.3, 0.4) is 0 Å². The molecule has 1 aliphatic rings. The highest BCUT2D eigenvalue weighted by atomic mass is 16.2. The molecule has 4 heteroatoms. The Morgan fingerprint density at radius 3 is 2.28 bits per heavy atom. The van der Waals surface area contributed by atoms with Gasteiger partial charge in [-0.2, -0.15) is 5.10 Å². The van der Waals surface area contributed by atoms with Gasteiger partial charge in [0, 0.05) is 25.7 Å². The maximum Gasteiger partial charge on any atom is 0.272 e. The first-order chi connectivity index (χ1) is 11.8. The Kier molecular flexibility index (Phi) is 4.72. The molecule has 2 aromatic rings. The number of benzene rings is 1. The Morgan fingerprint density at radius 1 is 1.12 bits per heavy atom. The Morgan fingerprint density at radius 2 is 1.72 bits per heavy atom. The molecule has 0 atom stereocenters. The third-order valence-corrected chi connectivity index (χ3v) is 5.22. The number of likely N-dealkylation sites (tertiary alicyclic amines) is 1. The molecule has 0 saturated carbocycles. The molecule has 2 heterocycles. The van der Waals surface area contributed by atoms with Crippen molar-refractivity contribution in [1.82, 2.24) is 14.7 Å². The summed E-state index contributed by atoms with van der Waals surface area (Å²) < 4.78 is 1.72. The number of hydrogen-bond acceptors (Lipinski definition) is 2. The van der Waals surface area contributed by atoms with Gasteiger partial charge in [-0.05, 0) is 35.8 Å². The van der Waals surface area contributed by atoms with E-state index in [1.807, 2.05) is 18.0 Å². The van der Waals surface area contributed by atoms with E-state index in [1.165, 1.54) is 5.56 Å². The first-order valence-corrected chi connectivity index (χ1v) is 9.20. The summed E-state index contributed by atoms with van der Waals surface area (Å²) in [7, 11) is 1.85. The van der Waals surface area contributed by atoms with Crippen molar-refractivity contribution in [2.75, 3.05) is 13.1 Å². The fourth-order valence-corrected chi connectivity index (χ4v) is 3.32. The number of amides is 1. The van der Waals surface area contributed by atoms with Gasteiger partial charge in [0.25, 0.3) is 5.91 Å². The second-order valence-electron chi connectivity index (χ2n) is 8.34. The maximum absolute atomic E-state index is 12.8. The van der Waals surface area contributed by atoms with Crippen LogP contribution >= 0.6 is 0 Å². The summed E-state index contributed by atoms with van der Waals surface area (Å²) in [4.78, 5) is 14.8. The molecule has 134 valence electrons. The van der Waals surface area contributed by atoms with Gasteiger partial charge in [0.15, 0.2) is 0 Å². The molecule has 25 heavy (non-hydrogen) atoms. The lowest BCUT2D eigenvalue weighted by Crippen LogP contribution is -2.38. The fourth-order valence-electron chi connectivity index (χ4n) is 3.32. The molecule has 1 aliphatic heterocycles. The third-order valence-electron chi connectivity index (χ3n) is 5.22. The van der Waals surface area contributed by atoms with Gasteiger partial charge in [0.2, 0.25) is 0 Å². The van der Waals surface area contributed by atoms with Crippen molar-refractivity contribution in [3.8, 4) is 11.3 Å². The average molecular weight is 339 g/mol. The normalized spacial score (nSPS) is 16.3. The zero-order valence-electron chi connectivity index (χ0n) is 16.0. The van der Waals surface area contributed by atoms with Crippen LogP contribution in [0.5, 0.6) is 0 Å². The van der Waals surface area contributed by atoms with Crippen LogP contribution in [0.2, 0.25) is 0 Å². The van der Waals surface area contributed by atoms with Crippen LogP contribution in [0.1, 0.15) is 56.6 Å². The van der Waals surface area contributed by atoms with Crippen LogP contribution in [0.4, 0.5) is 0 Å². The number of rotatable bonds is 2. The van der Waals surface area contributed by atoms with E-state index in [2.05, 4.69) is 57.1 Å². The molecule has 1 aromatic heterocycles. The van der Waals surface area contributed by atoms with Crippen LogP contribution in [0.25, 0.3) is 11.3 Å². The van der Waals surface area contributed by atoms with E-state index in [-0.39, 0.29) is 11.3 Å². The molecule has 0 unspecified atom stereocenters. The Bertz CT molecular complexity index is 744. The van der Waals surface area contributed by atoms with Crippen LogP contribution in [-0.4, -0.2) is 33.7 Å². The van der Waals surface area contributed by atoms with E-state index >= 15 is 0 Å². The summed E-state index contributed by atoms with van der Waals surface area (Å²) in [6, 6.07) is 10.4. The van der Waals surface area contributed by atoms with E-state index < -0.39 is 0 Å². The van der Waals surface area contributed by atoms with Crippen molar-refractivity contribution in [3.63, 3.8) is 0 Å². The van der Waals surface area contributed by atoms with Crippen molar-refractivity contribution < 1.29 is 4.79 Å². The quantitative estimate of drug-likeness (QED) is 0.820. The summed E-state index contributed by atoms with van der Waals surface area (Å²) in [5.41, 5.74) is 4.01. The summed E-state index contributed by atoms with van der Waals surface area (Å²) in [5, 5.41) is 4.57. The smallest absolute Gasteiger partial charge is 0.272 e. The first-order valence-electron chi connectivity index (χ1n) is 9.20. The fraction of sp³-hybridized carbons (Fsp3) is 0.524. The minimum absolute atomic E-state index is 0.0967. The first kappa shape index (κ1) is 17.7. The zero-order chi connectivity index (χ0) is 18.2. The predicted molar refractivity (Wildman–Crippen MR) is 102 cm³/mol. The largest absolute Gasteiger partial charge is 0.337 e. The number of aromatic nitrogens is 2. The van der Waals surface area contributed by atoms with Gasteiger partial charge < -0.3 is 4.90 Å². The summed E-state index contributed by atoms with van der Waals surface area (Å²) in [6.45, 7) is 10.6. The van der Waals surface area contributed by atoms with Gasteiger partial charge in [-0.25, -0.2) is 0 Å². The van der Waals surface area contributed by atoms with E-state index in [0.717, 1.165) is 37.2 Å². The van der Waals surface area contributed by atoms with Crippen LogP contribution < -0.4 is 0 Å². The molecule has 0 bridgehead atoms. The topological polar surface area (TPSA) is 38.1 Å². The number of carbonyl (C=O) groups is 1.